The van der Waals surface area contributed by atoms with Gasteiger partial charge >= 0.3 is 8.56 Å². The van der Waals surface area contributed by atoms with Crippen molar-refractivity contribution in [2.75, 3.05) is 19.8 Å². The first-order chi connectivity index (χ1) is 12.0. The minimum absolute atomic E-state index is 0.119. The van der Waals surface area contributed by atoms with Crippen molar-refractivity contribution < 1.29 is 22.4 Å². The van der Waals surface area contributed by atoms with Crippen LogP contribution in [0.3, 0.4) is 0 Å². The monoisotopic (exact) mass is 374 g/mol. The minimum Gasteiger partial charge on any atom is -0.393 e. The second-order valence-corrected chi connectivity index (χ2v) is 9.52. The second-order valence-electron chi connectivity index (χ2n) is 6.02. The maximum absolute atomic E-state index is 11.9. The molecule has 0 spiro atoms. The van der Waals surface area contributed by atoms with E-state index in [4.69, 9.17) is 13.6 Å². The normalized spacial score (nSPS) is 22.2. The molecule has 1 aliphatic rings. The van der Waals surface area contributed by atoms with Gasteiger partial charge in [-0.3, -0.25) is 0 Å². The minimum atomic E-state index is -2.21. The van der Waals surface area contributed by atoms with Gasteiger partial charge in [0.2, 0.25) is 0 Å². The van der Waals surface area contributed by atoms with Crippen LogP contribution in [-0.2, 0) is 13.6 Å². The van der Waals surface area contributed by atoms with Crippen LogP contribution in [0.1, 0.15) is 53.4 Å². The van der Waals surface area contributed by atoms with Gasteiger partial charge in [0.1, 0.15) is 5.22 Å². The van der Waals surface area contributed by atoms with Gasteiger partial charge in [0, 0.05) is 19.8 Å². The molecule has 3 nitrogen and oxygen atoms in total. The van der Waals surface area contributed by atoms with E-state index in [-0.39, 0.29) is 5.22 Å². The Morgan fingerprint density at radius 2 is 1.48 bits per heavy atom. The molecule has 144 valence electrons. The van der Waals surface area contributed by atoms with Crippen molar-refractivity contribution in [1.82, 2.24) is 0 Å². The molecule has 0 radical (unpaired) electrons. The van der Waals surface area contributed by atoms with Crippen LogP contribution in [-0.4, -0.2) is 33.6 Å². The number of halogens is 2. The molecular weight excluding hydrogens is 342 g/mol. The number of benzene rings is 1. The van der Waals surface area contributed by atoms with Crippen molar-refractivity contribution in [3.05, 3.63) is 35.9 Å². The van der Waals surface area contributed by atoms with Gasteiger partial charge in [0.15, 0.2) is 11.6 Å². The first-order valence-corrected chi connectivity index (χ1v) is 11.3. The summed E-state index contributed by atoms with van der Waals surface area (Å²) in [5.74, 6) is -1.60. The maximum atomic E-state index is 11.9. The topological polar surface area (TPSA) is 27.7 Å². The molecule has 1 aromatic carbocycles. The molecule has 6 heteroatoms. The maximum Gasteiger partial charge on any atom is 0.371 e. The molecule has 1 fully saturated rings. The van der Waals surface area contributed by atoms with Gasteiger partial charge in [0.05, 0.1) is 0 Å². The molecule has 1 atom stereocenters. The van der Waals surface area contributed by atoms with E-state index in [1.165, 1.54) is 25.0 Å². The van der Waals surface area contributed by atoms with Crippen LogP contribution in [0.15, 0.2) is 24.3 Å². The van der Waals surface area contributed by atoms with Crippen LogP contribution in [0, 0.1) is 11.6 Å². The van der Waals surface area contributed by atoms with Crippen LogP contribution in [0.5, 0.6) is 0 Å². The summed E-state index contributed by atoms with van der Waals surface area (Å²) in [4.78, 5) is 0. The number of hydrogen-bond donors (Lipinski definition) is 0. The summed E-state index contributed by atoms with van der Waals surface area (Å²) >= 11 is 0. The van der Waals surface area contributed by atoms with E-state index in [1.54, 1.807) is 0 Å². The first kappa shape index (κ1) is 22.2. The Hall–Kier alpha value is -0.823. The van der Waals surface area contributed by atoms with Gasteiger partial charge in [-0.25, -0.2) is 8.78 Å². The molecule has 0 amide bonds. The van der Waals surface area contributed by atoms with Crippen molar-refractivity contribution in [3.8, 4) is 0 Å². The summed E-state index contributed by atoms with van der Waals surface area (Å²) in [6, 6.07) is 6.13. The lowest BCUT2D eigenvalue weighted by Crippen LogP contribution is -2.65. The predicted octanol–water partition coefficient (Wildman–Crippen LogP) is 5.37. The van der Waals surface area contributed by atoms with Gasteiger partial charge in [-0.15, -0.1) is 0 Å². The molecule has 0 saturated carbocycles. The molecule has 0 aliphatic carbocycles. The molecule has 0 aromatic heterocycles. The average Bonchev–Trinajstić information content (AvgIpc) is 2.61. The molecule has 1 heterocycles. The van der Waals surface area contributed by atoms with Crippen LogP contribution >= 0.6 is 0 Å². The Morgan fingerprint density at radius 1 is 0.920 bits per heavy atom. The zero-order chi connectivity index (χ0) is 18.8. The molecule has 25 heavy (non-hydrogen) atoms. The molecule has 2 rings (SSSR count). The van der Waals surface area contributed by atoms with Crippen LogP contribution < -0.4 is 0 Å². The second kappa shape index (κ2) is 11.0. The third-order valence-corrected chi connectivity index (χ3v) is 9.26. The zero-order valence-electron chi connectivity index (χ0n) is 15.9. The third kappa shape index (κ3) is 5.58. The van der Waals surface area contributed by atoms with E-state index in [0.29, 0.717) is 0 Å². The van der Waals surface area contributed by atoms with E-state index in [0.717, 1.165) is 50.8 Å². The zero-order valence-corrected chi connectivity index (χ0v) is 16.9. The highest BCUT2D eigenvalue weighted by Gasteiger charge is 2.58. The fourth-order valence-electron chi connectivity index (χ4n) is 3.55. The lowest BCUT2D eigenvalue weighted by Gasteiger charge is -2.49. The molecule has 0 bridgehead atoms. The highest BCUT2D eigenvalue weighted by Crippen LogP contribution is 2.42. The predicted molar refractivity (Wildman–Crippen MR) is 98.7 cm³/mol. The van der Waals surface area contributed by atoms with Crippen LogP contribution in [0.4, 0.5) is 8.78 Å². The SMILES string of the molecule is CCOC1(CC)CCCC[Si]1(OCC)OCC.Fc1ccccc1F. The van der Waals surface area contributed by atoms with Crippen LogP contribution in [0.2, 0.25) is 6.04 Å². The highest BCUT2D eigenvalue weighted by molar-refractivity contribution is 6.70. The van der Waals surface area contributed by atoms with E-state index in [2.05, 4.69) is 27.7 Å². The van der Waals surface area contributed by atoms with Gasteiger partial charge in [-0.1, -0.05) is 31.9 Å². The Labute approximate surface area is 151 Å². The van der Waals surface area contributed by atoms with Gasteiger partial charge < -0.3 is 13.6 Å². The van der Waals surface area contributed by atoms with Crippen molar-refractivity contribution in [1.29, 1.82) is 0 Å². The van der Waals surface area contributed by atoms with E-state index < -0.39 is 20.2 Å². The number of hydrogen-bond acceptors (Lipinski definition) is 3. The molecule has 1 aromatic rings. The Balaban J connectivity index is 0.000000324. The van der Waals surface area contributed by atoms with Gasteiger partial charge in [0.25, 0.3) is 0 Å². The summed E-state index contributed by atoms with van der Waals surface area (Å²) < 4.78 is 42.4. The van der Waals surface area contributed by atoms with Crippen molar-refractivity contribution in [2.24, 2.45) is 0 Å². The molecular formula is C19H32F2O3Si. The van der Waals surface area contributed by atoms with Crippen molar-refractivity contribution >= 4 is 8.56 Å². The molecule has 0 N–H and O–H groups in total. The molecule has 1 unspecified atom stereocenters. The molecule has 1 saturated heterocycles. The number of rotatable bonds is 7. The Morgan fingerprint density at radius 3 is 1.88 bits per heavy atom. The smallest absolute Gasteiger partial charge is 0.371 e. The van der Waals surface area contributed by atoms with Crippen molar-refractivity contribution in [3.63, 3.8) is 0 Å². The summed E-state index contributed by atoms with van der Waals surface area (Å²) in [6.07, 6.45) is 4.57. The van der Waals surface area contributed by atoms with E-state index in [1.807, 2.05) is 0 Å². The highest BCUT2D eigenvalue weighted by atomic mass is 28.4. The summed E-state index contributed by atoms with van der Waals surface area (Å²) in [5.41, 5.74) is 0. The summed E-state index contributed by atoms with van der Waals surface area (Å²) in [6.45, 7) is 10.6. The lowest BCUT2D eigenvalue weighted by molar-refractivity contribution is -0.0426. The van der Waals surface area contributed by atoms with Gasteiger partial charge in [-0.2, -0.15) is 0 Å². The van der Waals surface area contributed by atoms with Gasteiger partial charge in [-0.05, 0) is 51.8 Å². The quantitative estimate of drug-likeness (QED) is 0.600. The third-order valence-electron chi connectivity index (χ3n) is 4.60. The number of ether oxygens (including phenoxy) is 1. The summed E-state index contributed by atoms with van der Waals surface area (Å²) in [5, 5.41) is -0.119. The van der Waals surface area contributed by atoms with Crippen molar-refractivity contribution in [2.45, 2.75) is 64.6 Å². The lowest BCUT2D eigenvalue weighted by atomic mass is 10.1. The molecule has 1 aliphatic heterocycles. The van der Waals surface area contributed by atoms with Crippen LogP contribution in [0.25, 0.3) is 0 Å². The fraction of sp³-hybridized carbons (Fsp3) is 0.684. The van der Waals surface area contributed by atoms with E-state index >= 15 is 0 Å². The van der Waals surface area contributed by atoms with E-state index in [9.17, 15) is 8.78 Å². The Kier molecular flexibility index (Phi) is 9.78. The largest absolute Gasteiger partial charge is 0.393 e. The standard InChI is InChI=1S/C13H28O3Si.C6H4F2/c1-5-13(14-6-2)11-9-10-12-17(13,15-7-3)16-8-4;7-5-3-1-2-4-6(5)8/h5-12H2,1-4H3;1-4H. The Bertz CT molecular complexity index is 465. The average molecular weight is 375 g/mol. The first-order valence-electron chi connectivity index (χ1n) is 9.32. The fourth-order valence-corrected chi connectivity index (χ4v) is 8.01. The summed E-state index contributed by atoms with van der Waals surface area (Å²) in [7, 11) is -2.21.